The number of nitrogens with one attached hydrogen (secondary N) is 1. The largest absolute Gasteiger partial charge is 0.306 e. The van der Waals surface area contributed by atoms with Crippen LogP contribution in [-0.2, 0) is 16.2 Å². The molecule has 1 N–H and O–H groups in total. The van der Waals surface area contributed by atoms with Crippen molar-refractivity contribution in [3.63, 3.8) is 0 Å². The number of thioether (sulfide) groups is 1. The summed E-state index contributed by atoms with van der Waals surface area (Å²) in [4.78, 5) is 16.9. The van der Waals surface area contributed by atoms with Crippen LogP contribution in [-0.4, -0.2) is 26.4 Å². The number of carbonyl (C=O) groups is 1. The molecule has 0 unspecified atom stereocenters. The molecule has 0 bridgehead atoms. The van der Waals surface area contributed by atoms with Gasteiger partial charge in [0.1, 0.15) is 6.33 Å². The summed E-state index contributed by atoms with van der Waals surface area (Å²) in [6.07, 6.45) is 1.66. The van der Waals surface area contributed by atoms with Gasteiger partial charge in [0.15, 0.2) is 5.16 Å². The summed E-state index contributed by atoms with van der Waals surface area (Å²) < 4.78 is 1.92. The van der Waals surface area contributed by atoms with Crippen molar-refractivity contribution in [2.45, 2.75) is 31.7 Å². The van der Waals surface area contributed by atoms with Gasteiger partial charge in [0, 0.05) is 6.04 Å². The molecule has 1 amide bonds. The average molecular weight is 306 g/mol. The molecular formula is C14H18N4O2S. The van der Waals surface area contributed by atoms with Gasteiger partial charge in [-0.1, -0.05) is 42.1 Å². The smallest absolute Gasteiger partial charge is 0.254 e. The van der Waals surface area contributed by atoms with Crippen LogP contribution in [0.5, 0.6) is 0 Å². The van der Waals surface area contributed by atoms with Gasteiger partial charge in [-0.15, -0.1) is 10.2 Å². The molecule has 0 fully saturated rings. The van der Waals surface area contributed by atoms with Crippen molar-refractivity contribution in [1.82, 2.24) is 20.2 Å². The zero-order chi connectivity index (χ0) is 15.1. The molecule has 0 saturated carbocycles. The molecule has 0 radical (unpaired) electrons. The van der Waals surface area contributed by atoms with E-state index in [0.29, 0.717) is 6.61 Å². The minimum absolute atomic E-state index is 0.200. The van der Waals surface area contributed by atoms with E-state index in [1.54, 1.807) is 6.33 Å². The highest BCUT2D eigenvalue weighted by atomic mass is 32.2. The van der Waals surface area contributed by atoms with Crippen molar-refractivity contribution in [2.24, 2.45) is 0 Å². The lowest BCUT2D eigenvalue weighted by atomic mass is 10.2. The third kappa shape index (κ3) is 4.87. The first-order chi connectivity index (χ1) is 10.2. The monoisotopic (exact) mass is 306 g/mol. The number of hydroxylamine groups is 1. The van der Waals surface area contributed by atoms with Crippen molar-refractivity contribution < 1.29 is 9.63 Å². The van der Waals surface area contributed by atoms with Crippen LogP contribution < -0.4 is 5.48 Å². The van der Waals surface area contributed by atoms with Crippen LogP contribution in [0.3, 0.4) is 0 Å². The Balaban J connectivity index is 1.71. The van der Waals surface area contributed by atoms with Crippen molar-refractivity contribution >= 4 is 17.7 Å². The Hall–Kier alpha value is -1.86. The van der Waals surface area contributed by atoms with Crippen LogP contribution in [0.4, 0.5) is 0 Å². The number of hydrogen-bond acceptors (Lipinski definition) is 5. The van der Waals surface area contributed by atoms with Gasteiger partial charge in [-0.2, -0.15) is 0 Å². The maximum Gasteiger partial charge on any atom is 0.254 e. The van der Waals surface area contributed by atoms with Crippen LogP contribution in [0.15, 0.2) is 41.8 Å². The van der Waals surface area contributed by atoms with E-state index < -0.39 is 0 Å². The van der Waals surface area contributed by atoms with Crippen molar-refractivity contribution in [2.75, 3.05) is 5.75 Å². The predicted octanol–water partition coefficient (Wildman–Crippen LogP) is 2.20. The molecule has 0 spiro atoms. The van der Waals surface area contributed by atoms with Gasteiger partial charge < -0.3 is 4.57 Å². The topological polar surface area (TPSA) is 69.0 Å². The molecule has 0 aliphatic carbocycles. The van der Waals surface area contributed by atoms with Crippen LogP contribution >= 0.6 is 11.8 Å². The summed E-state index contributed by atoms with van der Waals surface area (Å²) in [5, 5.41) is 8.57. The Morgan fingerprint density at radius 1 is 1.38 bits per heavy atom. The first-order valence-electron chi connectivity index (χ1n) is 6.63. The molecule has 0 aliphatic heterocycles. The summed E-state index contributed by atoms with van der Waals surface area (Å²) >= 11 is 1.33. The zero-order valence-corrected chi connectivity index (χ0v) is 12.8. The van der Waals surface area contributed by atoms with Gasteiger partial charge in [-0.25, -0.2) is 5.48 Å². The van der Waals surface area contributed by atoms with E-state index in [1.807, 2.05) is 48.7 Å². The van der Waals surface area contributed by atoms with Gasteiger partial charge in [-0.3, -0.25) is 9.63 Å². The highest BCUT2D eigenvalue weighted by molar-refractivity contribution is 7.99. The second kappa shape index (κ2) is 7.80. The summed E-state index contributed by atoms with van der Waals surface area (Å²) in [6.45, 7) is 4.42. The lowest BCUT2D eigenvalue weighted by Gasteiger charge is -2.09. The number of rotatable bonds is 7. The Labute approximate surface area is 127 Å². The Morgan fingerprint density at radius 3 is 2.86 bits per heavy atom. The van der Waals surface area contributed by atoms with Crippen molar-refractivity contribution in [3.05, 3.63) is 42.2 Å². The zero-order valence-electron chi connectivity index (χ0n) is 12.0. The lowest BCUT2D eigenvalue weighted by Crippen LogP contribution is -2.25. The van der Waals surface area contributed by atoms with E-state index in [-0.39, 0.29) is 17.7 Å². The molecular weight excluding hydrogens is 288 g/mol. The second-order valence-electron chi connectivity index (χ2n) is 4.70. The number of nitrogens with zero attached hydrogens (tertiary/aromatic N) is 3. The number of hydrogen-bond donors (Lipinski definition) is 1. The third-order valence-electron chi connectivity index (χ3n) is 2.70. The van der Waals surface area contributed by atoms with Gasteiger partial charge >= 0.3 is 0 Å². The molecule has 112 valence electrons. The molecule has 1 aromatic heterocycles. The first kappa shape index (κ1) is 15.5. The minimum atomic E-state index is -0.200. The van der Waals surface area contributed by atoms with E-state index in [2.05, 4.69) is 15.7 Å². The molecule has 21 heavy (non-hydrogen) atoms. The van der Waals surface area contributed by atoms with E-state index in [4.69, 9.17) is 4.84 Å². The summed E-state index contributed by atoms with van der Waals surface area (Å²) in [5.74, 6) is 0.0365. The van der Waals surface area contributed by atoms with Crippen molar-refractivity contribution in [1.29, 1.82) is 0 Å². The number of amides is 1. The molecule has 2 aromatic rings. The number of carbonyl (C=O) groups excluding carboxylic acids is 1. The third-order valence-corrected chi connectivity index (χ3v) is 3.65. The molecule has 0 aliphatic rings. The highest BCUT2D eigenvalue weighted by Gasteiger charge is 2.10. The van der Waals surface area contributed by atoms with E-state index in [1.165, 1.54) is 11.8 Å². The molecule has 2 rings (SSSR count). The second-order valence-corrected chi connectivity index (χ2v) is 5.65. The number of benzene rings is 1. The SMILES string of the molecule is CC(C)n1cnnc1SCC(=O)NOCc1ccccc1. The molecule has 0 saturated heterocycles. The molecule has 1 aromatic carbocycles. The van der Waals surface area contributed by atoms with Crippen molar-refractivity contribution in [3.8, 4) is 0 Å². The van der Waals surface area contributed by atoms with E-state index >= 15 is 0 Å². The Bertz CT molecular complexity index is 571. The molecule has 6 nitrogen and oxygen atoms in total. The summed E-state index contributed by atoms with van der Waals surface area (Å²) in [5.41, 5.74) is 3.43. The van der Waals surface area contributed by atoms with Crippen LogP contribution in [0.1, 0.15) is 25.5 Å². The van der Waals surface area contributed by atoms with Gasteiger partial charge in [0.05, 0.1) is 12.4 Å². The van der Waals surface area contributed by atoms with Gasteiger partial charge in [-0.05, 0) is 19.4 Å². The standard InChI is InChI=1S/C14H18N4O2S/c1-11(2)18-10-15-16-14(18)21-9-13(19)17-20-8-12-6-4-3-5-7-12/h3-7,10-11H,8-9H2,1-2H3,(H,17,19). The van der Waals surface area contributed by atoms with Crippen LogP contribution in [0.25, 0.3) is 0 Å². The fraction of sp³-hybridized carbons (Fsp3) is 0.357. The normalized spacial score (nSPS) is 10.8. The quantitative estimate of drug-likeness (QED) is 0.627. The summed E-state index contributed by atoms with van der Waals surface area (Å²) in [7, 11) is 0. The minimum Gasteiger partial charge on any atom is -0.306 e. The van der Waals surface area contributed by atoms with Crippen LogP contribution in [0, 0.1) is 0 Å². The molecule has 0 atom stereocenters. The maximum absolute atomic E-state index is 11.7. The first-order valence-corrected chi connectivity index (χ1v) is 7.62. The fourth-order valence-corrected chi connectivity index (χ4v) is 2.45. The van der Waals surface area contributed by atoms with Gasteiger partial charge in [0.25, 0.3) is 5.91 Å². The summed E-state index contributed by atoms with van der Waals surface area (Å²) in [6, 6.07) is 9.92. The molecule has 7 heteroatoms. The highest BCUT2D eigenvalue weighted by Crippen LogP contribution is 2.18. The van der Waals surface area contributed by atoms with Gasteiger partial charge in [0.2, 0.25) is 0 Å². The van der Waals surface area contributed by atoms with Crippen LogP contribution in [0.2, 0.25) is 0 Å². The Morgan fingerprint density at radius 2 is 2.14 bits per heavy atom. The average Bonchev–Trinajstić information content (AvgIpc) is 2.95. The van der Waals surface area contributed by atoms with E-state index in [0.717, 1.165) is 10.7 Å². The molecule has 1 heterocycles. The maximum atomic E-state index is 11.7. The number of aromatic nitrogens is 3. The lowest BCUT2D eigenvalue weighted by molar-refractivity contribution is -0.131. The Kier molecular flexibility index (Phi) is 5.77. The fourth-order valence-electron chi connectivity index (χ4n) is 1.62. The predicted molar refractivity (Wildman–Crippen MR) is 80.5 cm³/mol. The van der Waals surface area contributed by atoms with E-state index in [9.17, 15) is 4.79 Å².